The van der Waals surface area contributed by atoms with Crippen LogP contribution in [0.1, 0.15) is 78.7 Å². The Bertz CT molecular complexity index is 2490. The maximum atomic E-state index is 14.7. The second-order valence-corrected chi connectivity index (χ2v) is 17.3. The van der Waals surface area contributed by atoms with Crippen LogP contribution in [0.3, 0.4) is 0 Å². The molecule has 3 aromatic heterocycles. The number of aromatic nitrogens is 5. The quantitative estimate of drug-likeness (QED) is 0.0610. The van der Waals surface area contributed by atoms with Crippen molar-refractivity contribution in [2.45, 2.75) is 89.4 Å². The smallest absolute Gasteiger partial charge is 0.255 e. The van der Waals surface area contributed by atoms with E-state index in [1.165, 1.54) is 22.3 Å². The van der Waals surface area contributed by atoms with E-state index in [2.05, 4.69) is 36.6 Å². The van der Waals surface area contributed by atoms with Gasteiger partial charge >= 0.3 is 0 Å². The summed E-state index contributed by atoms with van der Waals surface area (Å²) in [6.07, 6.45) is 7.14. The number of hydrogen-bond donors (Lipinski definition) is 4. The van der Waals surface area contributed by atoms with Gasteiger partial charge in [0, 0.05) is 97.4 Å². The number of Topliss-reactive ketones (excluding diaryl/α,β-unsaturated/α-hetero) is 1. The van der Waals surface area contributed by atoms with Gasteiger partial charge in [0.15, 0.2) is 16.7 Å². The molecule has 19 heteroatoms. The SMILES string of the molecule is O=C1CCC(N2Cc3c(NC(=O)CCNCCn4cc(CCC(=O)C5(Cc6cccc(Nc7nccs7)n6)CCC(Oc6cccc(Cl)c6F)CC5)nn4)cccc3C2=O)C(=O)N1. The molecule has 2 fully saturated rings. The van der Waals surface area contributed by atoms with E-state index >= 15 is 0 Å². The summed E-state index contributed by atoms with van der Waals surface area (Å²) < 4.78 is 22.4. The van der Waals surface area contributed by atoms with Gasteiger partial charge in [0.25, 0.3) is 5.91 Å². The summed E-state index contributed by atoms with van der Waals surface area (Å²) in [6.45, 7) is 1.55. The third-order valence-electron chi connectivity index (χ3n) is 11.8. The molecular formula is C44H46ClFN10O6S. The molecule has 1 saturated carbocycles. The summed E-state index contributed by atoms with van der Waals surface area (Å²) in [5.74, 6) is -1.14. The number of ketones is 1. The molecule has 4 N–H and O–H groups in total. The first-order valence-electron chi connectivity index (χ1n) is 21.0. The fraction of sp³-hybridized carbons (Fsp3) is 0.386. The molecule has 1 unspecified atom stereocenters. The minimum absolute atomic E-state index is 0.00412. The van der Waals surface area contributed by atoms with Crippen LogP contribution in [-0.2, 0) is 45.1 Å². The topological polar surface area (TPSA) is 202 Å². The number of thiazole rings is 1. The average Bonchev–Trinajstić information content (AvgIpc) is 4.04. The summed E-state index contributed by atoms with van der Waals surface area (Å²) >= 11 is 7.47. The highest BCUT2D eigenvalue weighted by Gasteiger charge is 2.43. The van der Waals surface area contributed by atoms with Gasteiger partial charge in [-0.25, -0.2) is 14.4 Å². The van der Waals surface area contributed by atoms with Crippen molar-refractivity contribution >= 4 is 69.0 Å². The van der Waals surface area contributed by atoms with Crippen LogP contribution >= 0.6 is 22.9 Å². The van der Waals surface area contributed by atoms with Crippen LogP contribution in [0, 0.1) is 11.2 Å². The Morgan fingerprint density at radius 2 is 1.83 bits per heavy atom. The molecule has 3 aliphatic rings. The summed E-state index contributed by atoms with van der Waals surface area (Å²) in [5, 5.41) is 22.9. The van der Waals surface area contributed by atoms with Crippen molar-refractivity contribution in [3.63, 3.8) is 0 Å². The van der Waals surface area contributed by atoms with Crippen molar-refractivity contribution in [1.29, 1.82) is 0 Å². The first kappa shape index (κ1) is 43.5. The molecule has 4 amide bonds. The largest absolute Gasteiger partial charge is 0.487 e. The summed E-state index contributed by atoms with van der Waals surface area (Å²) in [5.41, 5.74) is 2.33. The predicted octanol–water partition coefficient (Wildman–Crippen LogP) is 5.80. The van der Waals surface area contributed by atoms with Gasteiger partial charge in [-0.1, -0.05) is 35.0 Å². The molecule has 0 radical (unpaired) electrons. The molecule has 63 heavy (non-hydrogen) atoms. The van der Waals surface area contributed by atoms with Gasteiger partial charge in [-0.2, -0.15) is 0 Å². The first-order valence-corrected chi connectivity index (χ1v) is 22.2. The molecular weight excluding hydrogens is 851 g/mol. The highest BCUT2D eigenvalue weighted by molar-refractivity contribution is 7.13. The van der Waals surface area contributed by atoms with Crippen LogP contribution in [0.4, 0.5) is 21.0 Å². The number of benzene rings is 2. The number of carbonyl (C=O) groups excluding carboxylic acids is 5. The Balaban J connectivity index is 0.814. The van der Waals surface area contributed by atoms with E-state index in [0.717, 1.165) is 10.8 Å². The number of rotatable bonds is 18. The van der Waals surface area contributed by atoms with E-state index in [0.29, 0.717) is 86.5 Å². The minimum Gasteiger partial charge on any atom is -0.487 e. The average molecular weight is 897 g/mol. The van der Waals surface area contributed by atoms with Crippen molar-refractivity contribution in [1.82, 2.24) is 40.5 Å². The van der Waals surface area contributed by atoms with Gasteiger partial charge in [-0.05, 0) is 68.5 Å². The normalized spacial score (nSPS) is 19.7. The number of imide groups is 1. The first-order chi connectivity index (χ1) is 30.5. The molecule has 8 rings (SSSR count). The zero-order valence-electron chi connectivity index (χ0n) is 34.3. The fourth-order valence-corrected chi connectivity index (χ4v) is 9.17. The molecule has 0 bridgehead atoms. The van der Waals surface area contributed by atoms with Crippen molar-refractivity contribution in [3.05, 3.63) is 106 Å². The van der Waals surface area contributed by atoms with Crippen molar-refractivity contribution in [2.75, 3.05) is 23.7 Å². The van der Waals surface area contributed by atoms with Gasteiger partial charge in [-0.3, -0.25) is 34.0 Å². The second-order valence-electron chi connectivity index (χ2n) is 16.0. The molecule has 1 aliphatic carbocycles. The van der Waals surface area contributed by atoms with Crippen molar-refractivity contribution in [2.24, 2.45) is 5.41 Å². The molecule has 5 heterocycles. The van der Waals surface area contributed by atoms with Crippen LogP contribution < -0.4 is 26.0 Å². The molecule has 1 atom stereocenters. The standard InChI is InChI=1S/C44H46ClFN10O6S/c45-32-6-3-8-35(40(32)46)62-29-14-17-44(18-15-29,24-27-4-1-9-37(49-27)51-43-48-21-23-63-43)36(57)12-10-28-25-55(54-53-28)22-20-47-19-16-39(59)50-33-7-2-5-30-31(33)26-56(42(30)61)34-11-13-38(58)52-41(34)60/h1-9,21,23,25,29,34,47H,10-20,22,24,26H2,(H,50,59)(H,48,49,51)(H,52,58,60). The molecule has 2 aliphatic heterocycles. The number of nitrogens with one attached hydrogen (secondary N) is 4. The van der Waals surface area contributed by atoms with E-state index in [9.17, 15) is 28.4 Å². The molecule has 0 spiro atoms. The summed E-state index contributed by atoms with van der Waals surface area (Å²) in [7, 11) is 0. The Kier molecular flexibility index (Phi) is 13.5. The maximum absolute atomic E-state index is 14.7. The predicted molar refractivity (Wildman–Crippen MR) is 232 cm³/mol. The van der Waals surface area contributed by atoms with Crippen LogP contribution in [0.15, 0.2) is 72.4 Å². The van der Waals surface area contributed by atoms with Crippen LogP contribution in [-0.4, -0.2) is 84.5 Å². The highest BCUT2D eigenvalue weighted by Crippen LogP contribution is 2.43. The van der Waals surface area contributed by atoms with Crippen molar-refractivity contribution < 1.29 is 33.1 Å². The second kappa shape index (κ2) is 19.5. The lowest BCUT2D eigenvalue weighted by Crippen LogP contribution is -2.52. The van der Waals surface area contributed by atoms with E-state index in [4.69, 9.17) is 21.3 Å². The number of halogens is 2. The Morgan fingerprint density at radius 1 is 1.00 bits per heavy atom. The zero-order chi connectivity index (χ0) is 43.9. The fourth-order valence-electron chi connectivity index (χ4n) is 8.46. The number of piperidine rings is 1. The lowest BCUT2D eigenvalue weighted by molar-refractivity contribution is -0.137. The van der Waals surface area contributed by atoms with Gasteiger partial charge in [0.05, 0.1) is 23.4 Å². The lowest BCUT2D eigenvalue weighted by Gasteiger charge is -2.39. The molecule has 16 nitrogen and oxygen atoms in total. The maximum Gasteiger partial charge on any atom is 0.255 e. The highest BCUT2D eigenvalue weighted by atomic mass is 35.5. The van der Waals surface area contributed by atoms with E-state index in [1.807, 2.05) is 29.8 Å². The third kappa shape index (κ3) is 10.4. The lowest BCUT2D eigenvalue weighted by atomic mass is 9.66. The Morgan fingerprint density at radius 3 is 2.63 bits per heavy atom. The number of carbonyl (C=O) groups is 5. The van der Waals surface area contributed by atoms with E-state index in [1.54, 1.807) is 41.2 Å². The molecule has 1 saturated heterocycles. The molecule has 2 aromatic carbocycles. The molecule has 328 valence electrons. The van der Waals surface area contributed by atoms with Gasteiger partial charge in [0.1, 0.15) is 17.6 Å². The van der Waals surface area contributed by atoms with Crippen LogP contribution in [0.25, 0.3) is 0 Å². The minimum atomic E-state index is -0.742. The number of fused-ring (bicyclic) bond motifs is 1. The van der Waals surface area contributed by atoms with Gasteiger partial charge in [-0.15, -0.1) is 16.4 Å². The Hall–Kier alpha value is -6.11. The Labute approximate surface area is 371 Å². The molecule has 5 aromatic rings. The number of anilines is 3. The van der Waals surface area contributed by atoms with E-state index in [-0.39, 0.29) is 72.6 Å². The third-order valence-corrected chi connectivity index (χ3v) is 12.8. The van der Waals surface area contributed by atoms with E-state index < -0.39 is 23.2 Å². The number of aryl methyl sites for hydroxylation is 1. The van der Waals surface area contributed by atoms with Gasteiger partial charge in [0.2, 0.25) is 17.7 Å². The number of ether oxygens (including phenoxy) is 1. The summed E-state index contributed by atoms with van der Waals surface area (Å²) in [6, 6.07) is 14.7. The van der Waals surface area contributed by atoms with Crippen LogP contribution in [0.2, 0.25) is 5.02 Å². The number of nitrogens with zero attached hydrogens (tertiary/aromatic N) is 6. The van der Waals surface area contributed by atoms with Gasteiger partial charge < -0.3 is 25.6 Å². The summed E-state index contributed by atoms with van der Waals surface area (Å²) in [4.78, 5) is 75.0. The monoisotopic (exact) mass is 896 g/mol. The zero-order valence-corrected chi connectivity index (χ0v) is 35.9. The van der Waals surface area contributed by atoms with Crippen LogP contribution in [0.5, 0.6) is 5.75 Å². The number of pyridine rings is 1. The number of hydrogen-bond acceptors (Lipinski definition) is 13. The van der Waals surface area contributed by atoms with Crippen molar-refractivity contribution in [3.8, 4) is 5.75 Å². The number of amides is 4.